The van der Waals surface area contributed by atoms with Gasteiger partial charge in [-0.3, -0.25) is 0 Å². The lowest BCUT2D eigenvalue weighted by Gasteiger charge is -2.13. The Morgan fingerprint density at radius 1 is 1.06 bits per heavy atom. The van der Waals surface area contributed by atoms with Crippen molar-refractivity contribution in [2.45, 2.75) is 6.04 Å². The van der Waals surface area contributed by atoms with Crippen molar-refractivity contribution in [1.82, 2.24) is 0 Å². The Hall–Kier alpha value is -2.07. The minimum Gasteiger partial charge on any atom is -0.454 e. The van der Waals surface area contributed by atoms with Crippen molar-refractivity contribution in [2.75, 3.05) is 6.79 Å². The van der Waals surface area contributed by atoms with E-state index in [1.54, 1.807) is 30.3 Å². The molecule has 0 spiro atoms. The van der Waals surface area contributed by atoms with Crippen LogP contribution in [-0.4, -0.2) is 6.79 Å². The van der Waals surface area contributed by atoms with Gasteiger partial charge >= 0.3 is 0 Å². The summed E-state index contributed by atoms with van der Waals surface area (Å²) in [5.41, 5.74) is 7.34. The Morgan fingerprint density at radius 3 is 2.67 bits per heavy atom. The van der Waals surface area contributed by atoms with E-state index < -0.39 is 6.04 Å². The average molecular weight is 245 g/mol. The van der Waals surface area contributed by atoms with Crippen molar-refractivity contribution in [1.29, 1.82) is 0 Å². The molecule has 4 heteroatoms. The van der Waals surface area contributed by atoms with Crippen molar-refractivity contribution in [2.24, 2.45) is 5.73 Å². The first-order valence-corrected chi connectivity index (χ1v) is 5.65. The van der Waals surface area contributed by atoms with Gasteiger partial charge < -0.3 is 15.2 Å². The van der Waals surface area contributed by atoms with Gasteiger partial charge in [-0.25, -0.2) is 4.39 Å². The number of fused-ring (bicyclic) bond motifs is 1. The molecule has 0 radical (unpaired) electrons. The first-order chi connectivity index (χ1) is 8.75. The van der Waals surface area contributed by atoms with Crippen LogP contribution in [0.3, 0.4) is 0 Å². The molecule has 92 valence electrons. The molecular weight excluding hydrogens is 233 g/mol. The monoisotopic (exact) mass is 245 g/mol. The van der Waals surface area contributed by atoms with Gasteiger partial charge in [0.1, 0.15) is 5.82 Å². The Bertz CT molecular complexity index is 586. The lowest BCUT2D eigenvalue weighted by Crippen LogP contribution is -2.13. The van der Waals surface area contributed by atoms with Gasteiger partial charge in [0.25, 0.3) is 0 Å². The van der Waals surface area contributed by atoms with Crippen molar-refractivity contribution < 1.29 is 13.9 Å². The van der Waals surface area contributed by atoms with Crippen LogP contribution in [0.2, 0.25) is 0 Å². The number of halogens is 1. The van der Waals surface area contributed by atoms with E-state index in [9.17, 15) is 4.39 Å². The van der Waals surface area contributed by atoms with Crippen LogP contribution < -0.4 is 15.2 Å². The third-order valence-corrected chi connectivity index (χ3v) is 3.00. The molecule has 0 aliphatic carbocycles. The molecule has 1 atom stereocenters. The van der Waals surface area contributed by atoms with E-state index in [1.165, 1.54) is 6.07 Å². The molecule has 0 bridgehead atoms. The molecule has 0 saturated heterocycles. The van der Waals surface area contributed by atoms with Crippen LogP contribution in [-0.2, 0) is 0 Å². The largest absolute Gasteiger partial charge is 0.454 e. The molecule has 3 rings (SSSR count). The quantitative estimate of drug-likeness (QED) is 0.884. The second kappa shape index (κ2) is 4.31. The fourth-order valence-corrected chi connectivity index (χ4v) is 2.01. The van der Waals surface area contributed by atoms with Crippen LogP contribution in [0.4, 0.5) is 4.39 Å². The van der Waals surface area contributed by atoms with Crippen LogP contribution in [0.1, 0.15) is 17.2 Å². The summed E-state index contributed by atoms with van der Waals surface area (Å²) < 4.78 is 24.2. The lowest BCUT2D eigenvalue weighted by molar-refractivity contribution is 0.174. The maximum atomic E-state index is 13.7. The minimum atomic E-state index is -0.513. The van der Waals surface area contributed by atoms with E-state index in [4.69, 9.17) is 15.2 Å². The molecule has 0 amide bonds. The number of rotatable bonds is 2. The van der Waals surface area contributed by atoms with Crippen molar-refractivity contribution in [3.63, 3.8) is 0 Å². The number of nitrogens with two attached hydrogens (primary N) is 1. The highest BCUT2D eigenvalue weighted by molar-refractivity contribution is 5.47. The Balaban J connectivity index is 1.98. The highest BCUT2D eigenvalue weighted by Crippen LogP contribution is 2.35. The Labute approximate surface area is 104 Å². The van der Waals surface area contributed by atoms with E-state index in [-0.39, 0.29) is 12.6 Å². The second-order valence-electron chi connectivity index (χ2n) is 4.11. The number of benzene rings is 2. The molecule has 1 aliphatic rings. The first-order valence-electron chi connectivity index (χ1n) is 5.65. The predicted molar refractivity (Wildman–Crippen MR) is 65.0 cm³/mol. The van der Waals surface area contributed by atoms with Gasteiger partial charge in [-0.1, -0.05) is 24.3 Å². The van der Waals surface area contributed by atoms with Crippen LogP contribution in [0.15, 0.2) is 42.5 Å². The van der Waals surface area contributed by atoms with Crippen molar-refractivity contribution in [3.05, 3.63) is 59.4 Å². The summed E-state index contributed by atoms with van der Waals surface area (Å²) >= 11 is 0. The number of hydrogen-bond donors (Lipinski definition) is 1. The molecule has 1 aliphatic heterocycles. The zero-order chi connectivity index (χ0) is 12.5. The van der Waals surface area contributed by atoms with Gasteiger partial charge in [0.05, 0.1) is 6.04 Å². The molecule has 2 aromatic rings. The summed E-state index contributed by atoms with van der Waals surface area (Å²) in [6.07, 6.45) is 0. The molecule has 0 fully saturated rings. The van der Waals surface area contributed by atoms with Crippen molar-refractivity contribution in [3.8, 4) is 11.5 Å². The fraction of sp³-hybridized carbons (Fsp3) is 0.143. The molecule has 3 nitrogen and oxygen atoms in total. The van der Waals surface area contributed by atoms with E-state index >= 15 is 0 Å². The van der Waals surface area contributed by atoms with Gasteiger partial charge in [-0.2, -0.15) is 0 Å². The summed E-state index contributed by atoms with van der Waals surface area (Å²) in [6, 6.07) is 11.4. The maximum Gasteiger partial charge on any atom is 0.231 e. The summed E-state index contributed by atoms with van der Waals surface area (Å²) in [7, 11) is 0. The molecular formula is C14H12FNO2. The zero-order valence-electron chi connectivity index (χ0n) is 9.60. The van der Waals surface area contributed by atoms with Gasteiger partial charge in [0.15, 0.2) is 11.5 Å². The van der Waals surface area contributed by atoms with E-state index in [1.807, 2.05) is 6.07 Å². The molecule has 0 aromatic heterocycles. The molecule has 18 heavy (non-hydrogen) atoms. The van der Waals surface area contributed by atoms with E-state index in [2.05, 4.69) is 0 Å². The molecule has 2 aromatic carbocycles. The molecule has 2 N–H and O–H groups in total. The van der Waals surface area contributed by atoms with Gasteiger partial charge in [0, 0.05) is 5.56 Å². The van der Waals surface area contributed by atoms with E-state index in [0.29, 0.717) is 17.1 Å². The predicted octanol–water partition coefficient (Wildman–Crippen LogP) is 2.60. The van der Waals surface area contributed by atoms with Crippen LogP contribution in [0.25, 0.3) is 0 Å². The maximum absolute atomic E-state index is 13.7. The van der Waals surface area contributed by atoms with E-state index in [0.717, 1.165) is 5.56 Å². The smallest absolute Gasteiger partial charge is 0.231 e. The standard InChI is InChI=1S/C14H12FNO2/c15-11-4-2-1-3-10(11)14(16)9-5-6-12-13(7-9)18-8-17-12/h1-7,14H,8,16H2. The van der Waals surface area contributed by atoms with Gasteiger partial charge in [-0.15, -0.1) is 0 Å². The second-order valence-corrected chi connectivity index (χ2v) is 4.11. The number of hydrogen-bond acceptors (Lipinski definition) is 3. The van der Waals surface area contributed by atoms with Crippen molar-refractivity contribution >= 4 is 0 Å². The summed E-state index contributed by atoms with van der Waals surface area (Å²) in [5.74, 6) is 1.04. The zero-order valence-corrected chi connectivity index (χ0v) is 9.60. The summed E-state index contributed by atoms with van der Waals surface area (Å²) in [4.78, 5) is 0. The molecule has 1 unspecified atom stereocenters. The van der Waals surface area contributed by atoms with Crippen LogP contribution in [0, 0.1) is 5.82 Å². The molecule has 0 saturated carbocycles. The van der Waals surface area contributed by atoms with Crippen LogP contribution in [0.5, 0.6) is 11.5 Å². The summed E-state index contributed by atoms with van der Waals surface area (Å²) in [6.45, 7) is 0.216. The average Bonchev–Trinajstić information content (AvgIpc) is 2.85. The fourth-order valence-electron chi connectivity index (χ4n) is 2.01. The minimum absolute atomic E-state index is 0.216. The van der Waals surface area contributed by atoms with Gasteiger partial charge in [0.2, 0.25) is 6.79 Å². The van der Waals surface area contributed by atoms with Crippen LogP contribution >= 0.6 is 0 Å². The Kier molecular flexibility index (Phi) is 2.64. The topological polar surface area (TPSA) is 44.5 Å². The normalized spacial score (nSPS) is 14.6. The Morgan fingerprint density at radius 2 is 1.83 bits per heavy atom. The first kappa shape index (κ1) is 11.0. The third kappa shape index (κ3) is 1.80. The SMILES string of the molecule is NC(c1ccc2c(c1)OCO2)c1ccccc1F. The third-order valence-electron chi connectivity index (χ3n) is 3.00. The lowest BCUT2D eigenvalue weighted by atomic mass is 9.99. The summed E-state index contributed by atoms with van der Waals surface area (Å²) in [5, 5.41) is 0. The highest BCUT2D eigenvalue weighted by Gasteiger charge is 2.18. The number of ether oxygens (including phenoxy) is 2. The van der Waals surface area contributed by atoms with Gasteiger partial charge in [-0.05, 0) is 23.8 Å². The molecule has 1 heterocycles. The highest BCUT2D eigenvalue weighted by atomic mass is 19.1.